The maximum atomic E-state index is 12.5. The molecule has 0 bridgehead atoms. The average Bonchev–Trinajstić information content (AvgIpc) is 2.86. The molecule has 1 aromatic carbocycles. The van der Waals surface area contributed by atoms with Crippen LogP contribution in [0.15, 0.2) is 24.3 Å². The Hall–Kier alpha value is -1.96. The molecule has 0 aliphatic carbocycles. The number of halogens is 3. The minimum absolute atomic E-state index is 0.0744. The maximum Gasteiger partial charge on any atom is 0.416 e. The highest BCUT2D eigenvalue weighted by Crippen LogP contribution is 2.30. The zero-order valence-electron chi connectivity index (χ0n) is 12.5. The fourth-order valence-electron chi connectivity index (χ4n) is 2.03. The van der Waals surface area contributed by atoms with Crippen molar-refractivity contribution in [3.63, 3.8) is 0 Å². The van der Waals surface area contributed by atoms with E-state index in [1.165, 1.54) is 16.8 Å². The molecule has 0 radical (unpaired) electrons. The molecular weight excluding hydrogens is 297 g/mol. The third kappa shape index (κ3) is 3.62. The van der Waals surface area contributed by atoms with Crippen LogP contribution >= 0.6 is 0 Å². The smallest absolute Gasteiger partial charge is 0.386 e. The summed E-state index contributed by atoms with van der Waals surface area (Å²) in [5.41, 5.74) is -0.673. The van der Waals surface area contributed by atoms with Gasteiger partial charge in [0.05, 0.1) is 18.2 Å². The second kappa shape index (κ2) is 5.68. The number of aliphatic hydroxyl groups is 1. The Kier molecular flexibility index (Phi) is 4.23. The molecule has 1 N–H and O–H groups in total. The van der Waals surface area contributed by atoms with Crippen molar-refractivity contribution in [3.8, 4) is 0 Å². The topological polar surface area (TPSA) is 63.8 Å². The van der Waals surface area contributed by atoms with Crippen LogP contribution in [0.3, 0.4) is 0 Å². The third-order valence-corrected chi connectivity index (χ3v) is 3.17. The largest absolute Gasteiger partial charge is 0.416 e. The quantitative estimate of drug-likeness (QED) is 0.946. The van der Waals surface area contributed by atoms with Gasteiger partial charge in [0, 0.05) is 5.41 Å². The summed E-state index contributed by atoms with van der Waals surface area (Å²) >= 11 is 0. The fraction of sp³-hybridized carbons (Fsp3) is 0.500. The number of aliphatic hydroxyl groups excluding tert-OH is 1. The zero-order valence-corrected chi connectivity index (χ0v) is 12.5. The summed E-state index contributed by atoms with van der Waals surface area (Å²) in [6.45, 7) is 5.87. The molecule has 2 aromatic rings. The van der Waals surface area contributed by atoms with Gasteiger partial charge in [0.25, 0.3) is 0 Å². The molecule has 0 spiro atoms. The number of aromatic nitrogens is 4. The van der Waals surface area contributed by atoms with Crippen molar-refractivity contribution < 1.29 is 18.3 Å². The molecule has 1 heterocycles. The summed E-state index contributed by atoms with van der Waals surface area (Å²) in [4.78, 5) is 0. The number of hydrogen-bond acceptors (Lipinski definition) is 4. The molecule has 0 aliphatic rings. The van der Waals surface area contributed by atoms with Crippen LogP contribution < -0.4 is 0 Å². The molecule has 1 aromatic heterocycles. The normalized spacial score (nSPS) is 14.1. The summed E-state index contributed by atoms with van der Waals surface area (Å²) in [6.07, 6.45) is -5.38. The SMILES string of the molecule is CC(C)(C)c1nnnn1C[C@H](O)c1ccc(C(F)(F)F)cc1. The lowest BCUT2D eigenvalue weighted by molar-refractivity contribution is -0.137. The molecule has 2 rings (SSSR count). The minimum Gasteiger partial charge on any atom is -0.386 e. The first-order valence-corrected chi connectivity index (χ1v) is 6.71. The van der Waals surface area contributed by atoms with Gasteiger partial charge in [0.2, 0.25) is 0 Å². The highest BCUT2D eigenvalue weighted by atomic mass is 19.4. The zero-order chi connectivity index (χ0) is 16.5. The first-order valence-electron chi connectivity index (χ1n) is 6.71. The summed E-state index contributed by atoms with van der Waals surface area (Å²) in [7, 11) is 0. The summed E-state index contributed by atoms with van der Waals surface area (Å²) in [5, 5.41) is 21.5. The van der Waals surface area contributed by atoms with Crippen molar-refractivity contribution in [2.75, 3.05) is 0 Å². The van der Waals surface area contributed by atoms with Crippen LogP contribution in [-0.4, -0.2) is 25.3 Å². The van der Waals surface area contributed by atoms with Crippen molar-refractivity contribution in [1.82, 2.24) is 20.2 Å². The highest BCUT2D eigenvalue weighted by molar-refractivity contribution is 5.26. The molecule has 0 unspecified atom stereocenters. The third-order valence-electron chi connectivity index (χ3n) is 3.17. The van der Waals surface area contributed by atoms with E-state index >= 15 is 0 Å². The molecule has 0 aliphatic heterocycles. The van der Waals surface area contributed by atoms with E-state index in [4.69, 9.17) is 0 Å². The van der Waals surface area contributed by atoms with Crippen molar-refractivity contribution in [2.45, 2.75) is 45.0 Å². The van der Waals surface area contributed by atoms with Gasteiger partial charge in [0.15, 0.2) is 5.82 Å². The Morgan fingerprint density at radius 2 is 1.73 bits per heavy atom. The Bertz CT molecular complexity index is 629. The summed E-state index contributed by atoms with van der Waals surface area (Å²) in [6, 6.07) is 4.41. The Labute approximate surface area is 125 Å². The first kappa shape index (κ1) is 16.4. The van der Waals surface area contributed by atoms with Gasteiger partial charge in [-0.2, -0.15) is 13.2 Å². The van der Waals surface area contributed by atoms with Gasteiger partial charge in [-0.1, -0.05) is 32.9 Å². The number of nitrogens with zero attached hydrogens (tertiary/aromatic N) is 4. The lowest BCUT2D eigenvalue weighted by Crippen LogP contribution is -2.22. The van der Waals surface area contributed by atoms with Gasteiger partial charge in [-0.05, 0) is 28.1 Å². The van der Waals surface area contributed by atoms with Crippen LogP contribution in [-0.2, 0) is 18.1 Å². The lowest BCUT2D eigenvalue weighted by Gasteiger charge is -2.19. The van der Waals surface area contributed by atoms with E-state index in [1.54, 1.807) is 0 Å². The van der Waals surface area contributed by atoms with Gasteiger partial charge in [0.1, 0.15) is 0 Å². The van der Waals surface area contributed by atoms with Gasteiger partial charge in [-0.25, -0.2) is 4.68 Å². The number of hydrogen-bond donors (Lipinski definition) is 1. The van der Waals surface area contributed by atoms with E-state index < -0.39 is 17.8 Å². The fourth-order valence-corrected chi connectivity index (χ4v) is 2.03. The van der Waals surface area contributed by atoms with E-state index in [0.717, 1.165) is 12.1 Å². The Morgan fingerprint density at radius 1 is 1.14 bits per heavy atom. The van der Waals surface area contributed by atoms with Crippen LogP contribution in [0.4, 0.5) is 13.2 Å². The molecule has 22 heavy (non-hydrogen) atoms. The Balaban J connectivity index is 2.16. The molecule has 5 nitrogen and oxygen atoms in total. The van der Waals surface area contributed by atoms with E-state index in [-0.39, 0.29) is 12.0 Å². The highest BCUT2D eigenvalue weighted by Gasteiger charge is 2.30. The van der Waals surface area contributed by atoms with Crippen LogP contribution in [0, 0.1) is 0 Å². The van der Waals surface area contributed by atoms with E-state index in [0.29, 0.717) is 11.4 Å². The molecule has 0 saturated heterocycles. The predicted molar refractivity (Wildman–Crippen MR) is 72.9 cm³/mol. The average molecular weight is 314 g/mol. The van der Waals surface area contributed by atoms with Gasteiger partial charge in [-0.3, -0.25) is 0 Å². The molecule has 0 amide bonds. The van der Waals surface area contributed by atoms with Crippen molar-refractivity contribution >= 4 is 0 Å². The predicted octanol–water partition coefficient (Wildman–Crippen LogP) is 2.72. The molecule has 8 heteroatoms. The summed E-state index contributed by atoms with van der Waals surface area (Å²) < 4.78 is 39.0. The van der Waals surface area contributed by atoms with Crippen molar-refractivity contribution in [3.05, 3.63) is 41.2 Å². The van der Waals surface area contributed by atoms with E-state index in [1.807, 2.05) is 20.8 Å². The van der Waals surface area contributed by atoms with E-state index in [2.05, 4.69) is 15.5 Å². The van der Waals surface area contributed by atoms with Crippen molar-refractivity contribution in [1.29, 1.82) is 0 Å². The van der Waals surface area contributed by atoms with Crippen LogP contribution in [0.25, 0.3) is 0 Å². The standard InChI is InChI=1S/C14H17F3N4O/c1-13(2,3)12-18-19-20-21(12)8-11(22)9-4-6-10(7-5-9)14(15,16)17/h4-7,11,22H,8H2,1-3H3/t11-/m0/s1. The monoisotopic (exact) mass is 314 g/mol. The lowest BCUT2D eigenvalue weighted by atomic mass is 9.95. The number of tetrazole rings is 1. The number of alkyl halides is 3. The van der Waals surface area contributed by atoms with Gasteiger partial charge in [-0.15, -0.1) is 5.10 Å². The van der Waals surface area contributed by atoms with E-state index in [9.17, 15) is 18.3 Å². The first-order chi connectivity index (χ1) is 10.1. The Morgan fingerprint density at radius 3 is 2.23 bits per heavy atom. The molecule has 120 valence electrons. The number of rotatable bonds is 3. The van der Waals surface area contributed by atoms with Gasteiger partial charge < -0.3 is 5.11 Å². The van der Waals surface area contributed by atoms with Crippen molar-refractivity contribution in [2.24, 2.45) is 0 Å². The maximum absolute atomic E-state index is 12.5. The van der Waals surface area contributed by atoms with Crippen LogP contribution in [0.5, 0.6) is 0 Å². The molecule has 0 fully saturated rings. The molecule has 0 saturated carbocycles. The summed E-state index contributed by atoms with van der Waals surface area (Å²) in [5.74, 6) is 0.596. The minimum atomic E-state index is -4.39. The molecular formula is C14H17F3N4O. The van der Waals surface area contributed by atoms with Crippen LogP contribution in [0.1, 0.15) is 43.8 Å². The van der Waals surface area contributed by atoms with Gasteiger partial charge >= 0.3 is 6.18 Å². The molecule has 1 atom stereocenters. The second-order valence-corrected chi connectivity index (χ2v) is 6.07. The second-order valence-electron chi connectivity index (χ2n) is 6.07. The van der Waals surface area contributed by atoms with Crippen LogP contribution in [0.2, 0.25) is 0 Å². The number of benzene rings is 1.